The van der Waals surface area contributed by atoms with Gasteiger partial charge in [-0.3, -0.25) is 4.90 Å². The Morgan fingerprint density at radius 3 is 2.50 bits per heavy atom. The number of benzene rings is 1. The molecule has 1 aromatic carbocycles. The van der Waals surface area contributed by atoms with Gasteiger partial charge in [-0.05, 0) is 19.4 Å². The van der Waals surface area contributed by atoms with Crippen molar-refractivity contribution in [1.29, 1.82) is 0 Å². The molecule has 1 aromatic heterocycles. The van der Waals surface area contributed by atoms with Gasteiger partial charge in [0.15, 0.2) is 0 Å². The topological polar surface area (TPSA) is 58.8 Å². The van der Waals surface area contributed by atoms with Gasteiger partial charge in [-0.1, -0.05) is 35.5 Å². The largest absolute Gasteiger partial charge is 0.445 e. The summed E-state index contributed by atoms with van der Waals surface area (Å²) in [6.45, 7) is 8.03. The van der Waals surface area contributed by atoms with Crippen LogP contribution in [0.15, 0.2) is 34.9 Å². The summed E-state index contributed by atoms with van der Waals surface area (Å²) in [5, 5.41) is 3.99. The molecule has 1 fully saturated rings. The Kier molecular flexibility index (Phi) is 5.15. The van der Waals surface area contributed by atoms with Crippen LogP contribution in [0.3, 0.4) is 0 Å². The van der Waals surface area contributed by atoms with E-state index in [4.69, 9.17) is 9.26 Å². The van der Waals surface area contributed by atoms with E-state index < -0.39 is 0 Å². The Labute approximate surface area is 142 Å². The second-order valence-corrected chi connectivity index (χ2v) is 6.11. The molecule has 0 bridgehead atoms. The van der Waals surface area contributed by atoms with E-state index in [0.717, 1.165) is 42.2 Å². The molecule has 3 rings (SSSR count). The highest BCUT2D eigenvalue weighted by molar-refractivity contribution is 5.67. The monoisotopic (exact) mass is 329 g/mol. The van der Waals surface area contributed by atoms with E-state index >= 15 is 0 Å². The molecule has 1 aliphatic heterocycles. The van der Waals surface area contributed by atoms with E-state index in [9.17, 15) is 4.79 Å². The van der Waals surface area contributed by atoms with Crippen molar-refractivity contribution in [3.05, 3.63) is 52.9 Å². The number of aryl methyl sites for hydroxylation is 2. The standard InChI is InChI=1S/C18H23N3O3/c1-14-17(15(2)24-19-14)12-20-8-10-21(11-9-20)18(22)23-13-16-6-4-3-5-7-16/h3-7H,8-13H2,1-2H3. The Morgan fingerprint density at radius 2 is 1.88 bits per heavy atom. The van der Waals surface area contributed by atoms with Gasteiger partial charge in [-0.25, -0.2) is 4.79 Å². The summed E-state index contributed by atoms with van der Waals surface area (Å²) in [4.78, 5) is 16.2. The van der Waals surface area contributed by atoms with E-state index in [1.54, 1.807) is 4.90 Å². The van der Waals surface area contributed by atoms with Crippen LogP contribution in [-0.4, -0.2) is 47.2 Å². The first kappa shape index (κ1) is 16.5. The SMILES string of the molecule is Cc1noc(C)c1CN1CCN(C(=O)OCc2ccccc2)CC1. The van der Waals surface area contributed by atoms with Crippen LogP contribution in [-0.2, 0) is 17.9 Å². The zero-order chi connectivity index (χ0) is 16.9. The van der Waals surface area contributed by atoms with Crippen molar-refractivity contribution in [1.82, 2.24) is 15.0 Å². The third-order valence-electron chi connectivity index (χ3n) is 4.40. The first-order valence-corrected chi connectivity index (χ1v) is 8.23. The number of ether oxygens (including phenoxy) is 1. The molecular weight excluding hydrogens is 306 g/mol. The van der Waals surface area contributed by atoms with Gasteiger partial charge < -0.3 is 14.2 Å². The van der Waals surface area contributed by atoms with Gasteiger partial charge in [0.2, 0.25) is 0 Å². The number of nitrogens with zero attached hydrogens (tertiary/aromatic N) is 3. The molecule has 0 aliphatic carbocycles. The van der Waals surface area contributed by atoms with E-state index in [1.807, 2.05) is 44.2 Å². The fourth-order valence-corrected chi connectivity index (χ4v) is 2.85. The van der Waals surface area contributed by atoms with Crippen molar-refractivity contribution >= 4 is 6.09 Å². The van der Waals surface area contributed by atoms with Crippen molar-refractivity contribution in [3.8, 4) is 0 Å². The maximum Gasteiger partial charge on any atom is 0.410 e. The Hall–Kier alpha value is -2.34. The predicted molar refractivity (Wildman–Crippen MR) is 89.5 cm³/mol. The number of hydrogen-bond donors (Lipinski definition) is 0. The summed E-state index contributed by atoms with van der Waals surface area (Å²) in [6.07, 6.45) is -0.240. The average Bonchev–Trinajstić information content (AvgIpc) is 2.93. The lowest BCUT2D eigenvalue weighted by atomic mass is 10.2. The van der Waals surface area contributed by atoms with Crippen molar-refractivity contribution in [2.24, 2.45) is 0 Å². The highest BCUT2D eigenvalue weighted by atomic mass is 16.6. The minimum Gasteiger partial charge on any atom is -0.445 e. The lowest BCUT2D eigenvalue weighted by Gasteiger charge is -2.34. The summed E-state index contributed by atoms with van der Waals surface area (Å²) in [6, 6.07) is 9.74. The molecule has 0 N–H and O–H groups in total. The molecule has 1 amide bonds. The molecule has 128 valence electrons. The molecule has 6 heteroatoms. The smallest absolute Gasteiger partial charge is 0.410 e. The molecule has 2 aromatic rings. The van der Waals surface area contributed by atoms with Crippen molar-refractivity contribution in [3.63, 3.8) is 0 Å². The summed E-state index contributed by atoms with van der Waals surface area (Å²) < 4.78 is 10.6. The summed E-state index contributed by atoms with van der Waals surface area (Å²) in [7, 11) is 0. The van der Waals surface area contributed by atoms with Gasteiger partial charge in [0.05, 0.1) is 5.69 Å². The second kappa shape index (κ2) is 7.49. The van der Waals surface area contributed by atoms with Crippen LogP contribution in [0.5, 0.6) is 0 Å². The quantitative estimate of drug-likeness (QED) is 0.863. The van der Waals surface area contributed by atoms with Crippen LogP contribution >= 0.6 is 0 Å². The lowest BCUT2D eigenvalue weighted by Crippen LogP contribution is -2.48. The van der Waals surface area contributed by atoms with E-state index in [-0.39, 0.29) is 6.09 Å². The molecular formula is C18H23N3O3. The molecule has 0 saturated carbocycles. The molecule has 1 aliphatic rings. The van der Waals surface area contributed by atoms with Crippen molar-refractivity contribution in [2.75, 3.05) is 26.2 Å². The van der Waals surface area contributed by atoms with Crippen molar-refractivity contribution in [2.45, 2.75) is 27.0 Å². The zero-order valence-corrected chi connectivity index (χ0v) is 14.2. The molecule has 0 unspecified atom stereocenters. The highest BCUT2D eigenvalue weighted by Gasteiger charge is 2.23. The maximum absolute atomic E-state index is 12.2. The normalized spacial score (nSPS) is 15.5. The molecule has 6 nitrogen and oxygen atoms in total. The number of amides is 1. The molecule has 1 saturated heterocycles. The van der Waals surface area contributed by atoms with Crippen molar-refractivity contribution < 1.29 is 14.1 Å². The number of piperazine rings is 1. The van der Waals surface area contributed by atoms with Crippen LogP contribution in [0.4, 0.5) is 4.79 Å². The van der Waals surface area contributed by atoms with Gasteiger partial charge in [0.1, 0.15) is 12.4 Å². The first-order chi connectivity index (χ1) is 11.6. The van der Waals surface area contributed by atoms with Gasteiger partial charge in [0, 0.05) is 38.3 Å². The van der Waals surface area contributed by atoms with E-state index in [0.29, 0.717) is 19.7 Å². The van der Waals surface area contributed by atoms with Crippen LogP contribution in [0.25, 0.3) is 0 Å². The summed E-state index contributed by atoms with van der Waals surface area (Å²) >= 11 is 0. The number of rotatable bonds is 4. The third-order valence-corrected chi connectivity index (χ3v) is 4.40. The van der Waals surface area contributed by atoms with Gasteiger partial charge in [-0.15, -0.1) is 0 Å². The molecule has 0 atom stereocenters. The molecule has 0 spiro atoms. The first-order valence-electron chi connectivity index (χ1n) is 8.23. The predicted octanol–water partition coefficient (Wildman–Crippen LogP) is 2.75. The van der Waals surface area contributed by atoms with Gasteiger partial charge in [0.25, 0.3) is 0 Å². The van der Waals surface area contributed by atoms with Crippen LogP contribution in [0.1, 0.15) is 22.6 Å². The average molecular weight is 329 g/mol. The van der Waals surface area contributed by atoms with E-state index in [2.05, 4.69) is 10.1 Å². The summed E-state index contributed by atoms with van der Waals surface area (Å²) in [5.41, 5.74) is 3.09. The molecule has 2 heterocycles. The zero-order valence-electron chi connectivity index (χ0n) is 14.2. The van der Waals surface area contributed by atoms with Crippen LogP contribution < -0.4 is 0 Å². The van der Waals surface area contributed by atoms with Gasteiger partial charge >= 0.3 is 6.09 Å². The Balaban J connectivity index is 1.45. The van der Waals surface area contributed by atoms with Gasteiger partial charge in [-0.2, -0.15) is 0 Å². The minimum atomic E-state index is -0.240. The van der Waals surface area contributed by atoms with Crippen LogP contribution in [0, 0.1) is 13.8 Å². The summed E-state index contributed by atoms with van der Waals surface area (Å²) in [5.74, 6) is 0.872. The van der Waals surface area contributed by atoms with E-state index in [1.165, 1.54) is 0 Å². The Bertz CT molecular complexity index is 657. The minimum absolute atomic E-state index is 0.240. The molecule has 0 radical (unpaired) electrons. The number of hydrogen-bond acceptors (Lipinski definition) is 5. The second-order valence-electron chi connectivity index (χ2n) is 6.11. The Morgan fingerprint density at radius 1 is 1.17 bits per heavy atom. The molecule has 24 heavy (non-hydrogen) atoms. The number of carbonyl (C=O) groups excluding carboxylic acids is 1. The highest BCUT2D eigenvalue weighted by Crippen LogP contribution is 2.16. The lowest BCUT2D eigenvalue weighted by molar-refractivity contribution is 0.0699. The number of aromatic nitrogens is 1. The fourth-order valence-electron chi connectivity index (χ4n) is 2.85. The fraction of sp³-hybridized carbons (Fsp3) is 0.444. The number of carbonyl (C=O) groups is 1. The third kappa shape index (κ3) is 3.94. The maximum atomic E-state index is 12.2. The van der Waals surface area contributed by atoms with Crippen LogP contribution in [0.2, 0.25) is 0 Å².